The van der Waals surface area contributed by atoms with E-state index in [2.05, 4.69) is 10.1 Å². The number of aryl methyl sites for hydroxylation is 1. The van der Waals surface area contributed by atoms with Crippen LogP contribution in [0.5, 0.6) is 0 Å². The molecule has 0 saturated carbocycles. The van der Waals surface area contributed by atoms with Gasteiger partial charge in [-0.05, 0) is 31.2 Å². The number of rotatable bonds is 2. The van der Waals surface area contributed by atoms with E-state index in [0.29, 0.717) is 22.6 Å². The number of nitrogen functional groups attached to an aromatic ring is 1. The van der Waals surface area contributed by atoms with Crippen LogP contribution in [-0.4, -0.2) is 10.1 Å². The molecule has 3 aromatic rings. The lowest BCUT2D eigenvalue weighted by Crippen LogP contribution is -1.91. The van der Waals surface area contributed by atoms with E-state index >= 15 is 0 Å². The summed E-state index contributed by atoms with van der Waals surface area (Å²) in [5.74, 6) is 0.0929. The smallest absolute Gasteiger partial charge is 0.261 e. The predicted octanol–water partition coefficient (Wildman–Crippen LogP) is 3.43. The summed E-state index contributed by atoms with van der Waals surface area (Å²) in [6.07, 6.45) is 0. The second-order valence-corrected chi connectivity index (χ2v) is 4.49. The molecule has 0 aliphatic carbocycles. The first-order valence-corrected chi connectivity index (χ1v) is 6.10. The Balaban J connectivity index is 2.07. The molecular weight excluding hydrogens is 257 g/mol. The van der Waals surface area contributed by atoms with Gasteiger partial charge in [-0.2, -0.15) is 4.98 Å². The van der Waals surface area contributed by atoms with Crippen molar-refractivity contribution in [2.45, 2.75) is 6.92 Å². The Kier molecular flexibility index (Phi) is 2.95. The molecule has 0 bridgehead atoms. The molecule has 0 saturated heterocycles. The van der Waals surface area contributed by atoms with E-state index in [0.717, 1.165) is 5.56 Å². The molecule has 0 radical (unpaired) electrons. The van der Waals surface area contributed by atoms with E-state index in [1.807, 2.05) is 19.1 Å². The summed E-state index contributed by atoms with van der Waals surface area (Å²) >= 11 is 0. The standard InChI is InChI=1S/C15H12FN3O/c1-9-6-7-12(16)11(8-9)15-18-14(19-20-15)10-4-2-3-5-13(10)17/h2-8H,17H2,1H3. The highest BCUT2D eigenvalue weighted by Gasteiger charge is 2.15. The Morgan fingerprint density at radius 3 is 2.70 bits per heavy atom. The molecule has 0 unspecified atom stereocenters. The molecule has 1 heterocycles. The highest BCUT2D eigenvalue weighted by atomic mass is 19.1. The van der Waals surface area contributed by atoms with E-state index in [-0.39, 0.29) is 5.89 Å². The second kappa shape index (κ2) is 4.77. The van der Waals surface area contributed by atoms with Crippen LogP contribution in [0.4, 0.5) is 10.1 Å². The van der Waals surface area contributed by atoms with Crippen LogP contribution >= 0.6 is 0 Å². The van der Waals surface area contributed by atoms with Crippen LogP contribution in [0.25, 0.3) is 22.8 Å². The van der Waals surface area contributed by atoms with E-state index in [1.54, 1.807) is 24.3 Å². The Bertz CT molecular complexity index is 767. The molecule has 0 aliphatic rings. The Hall–Kier alpha value is -2.69. The first-order valence-electron chi connectivity index (χ1n) is 6.10. The zero-order valence-corrected chi connectivity index (χ0v) is 10.8. The van der Waals surface area contributed by atoms with Crippen molar-refractivity contribution in [3.63, 3.8) is 0 Å². The minimum atomic E-state index is -0.396. The first-order chi connectivity index (χ1) is 9.65. The maximum Gasteiger partial charge on any atom is 0.261 e. The number of hydrogen-bond acceptors (Lipinski definition) is 4. The van der Waals surface area contributed by atoms with Crippen molar-refractivity contribution >= 4 is 5.69 Å². The summed E-state index contributed by atoms with van der Waals surface area (Å²) in [7, 11) is 0. The van der Waals surface area contributed by atoms with Crippen molar-refractivity contribution in [1.29, 1.82) is 0 Å². The van der Waals surface area contributed by atoms with E-state index in [1.165, 1.54) is 6.07 Å². The third-order valence-corrected chi connectivity index (χ3v) is 2.98. The molecule has 0 aliphatic heterocycles. The average Bonchev–Trinajstić information content (AvgIpc) is 2.91. The number of para-hydroxylation sites is 1. The van der Waals surface area contributed by atoms with Gasteiger partial charge in [-0.3, -0.25) is 0 Å². The number of halogens is 1. The van der Waals surface area contributed by atoms with Crippen LogP contribution in [-0.2, 0) is 0 Å². The van der Waals surface area contributed by atoms with Gasteiger partial charge in [0.25, 0.3) is 5.89 Å². The normalized spacial score (nSPS) is 10.7. The van der Waals surface area contributed by atoms with Crippen LogP contribution in [0.2, 0.25) is 0 Å². The predicted molar refractivity (Wildman–Crippen MR) is 74.3 cm³/mol. The molecule has 5 heteroatoms. The van der Waals surface area contributed by atoms with Crippen molar-refractivity contribution in [2.75, 3.05) is 5.73 Å². The molecular formula is C15H12FN3O. The summed E-state index contributed by atoms with van der Waals surface area (Å²) in [4.78, 5) is 4.22. The minimum absolute atomic E-state index is 0.143. The lowest BCUT2D eigenvalue weighted by Gasteiger charge is -1.99. The average molecular weight is 269 g/mol. The van der Waals surface area contributed by atoms with Crippen molar-refractivity contribution < 1.29 is 8.91 Å². The topological polar surface area (TPSA) is 64.9 Å². The van der Waals surface area contributed by atoms with Crippen molar-refractivity contribution in [2.24, 2.45) is 0 Å². The van der Waals surface area contributed by atoms with Gasteiger partial charge in [-0.25, -0.2) is 4.39 Å². The summed E-state index contributed by atoms with van der Waals surface area (Å²) in [5.41, 5.74) is 8.27. The van der Waals surface area contributed by atoms with Gasteiger partial charge in [-0.1, -0.05) is 28.9 Å². The Morgan fingerprint density at radius 2 is 1.90 bits per heavy atom. The first kappa shape index (κ1) is 12.3. The van der Waals surface area contributed by atoms with Crippen molar-refractivity contribution in [1.82, 2.24) is 10.1 Å². The van der Waals surface area contributed by atoms with Crippen LogP contribution < -0.4 is 5.73 Å². The van der Waals surface area contributed by atoms with Gasteiger partial charge in [-0.15, -0.1) is 0 Å². The molecule has 0 fully saturated rings. The fraction of sp³-hybridized carbons (Fsp3) is 0.0667. The molecule has 20 heavy (non-hydrogen) atoms. The maximum atomic E-state index is 13.8. The lowest BCUT2D eigenvalue weighted by molar-refractivity contribution is 0.429. The summed E-state index contributed by atoms with van der Waals surface area (Å²) in [6, 6.07) is 11.9. The zero-order valence-electron chi connectivity index (χ0n) is 10.8. The fourth-order valence-electron chi connectivity index (χ4n) is 1.95. The summed E-state index contributed by atoms with van der Waals surface area (Å²) < 4.78 is 18.9. The van der Waals surface area contributed by atoms with Crippen LogP contribution in [0.1, 0.15) is 5.56 Å². The number of aromatic nitrogens is 2. The molecule has 4 nitrogen and oxygen atoms in total. The Labute approximate surface area is 115 Å². The van der Waals surface area contributed by atoms with Gasteiger partial charge in [0.1, 0.15) is 5.82 Å². The molecule has 100 valence electrons. The molecule has 3 rings (SSSR count). The van der Waals surface area contributed by atoms with E-state index in [9.17, 15) is 4.39 Å². The van der Waals surface area contributed by atoms with Gasteiger partial charge in [0.15, 0.2) is 0 Å². The number of anilines is 1. The quantitative estimate of drug-likeness (QED) is 0.724. The highest BCUT2D eigenvalue weighted by Crippen LogP contribution is 2.27. The third kappa shape index (κ3) is 2.14. The zero-order chi connectivity index (χ0) is 14.1. The monoisotopic (exact) mass is 269 g/mol. The minimum Gasteiger partial charge on any atom is -0.398 e. The third-order valence-electron chi connectivity index (χ3n) is 2.98. The molecule has 0 spiro atoms. The number of hydrogen-bond donors (Lipinski definition) is 1. The fourth-order valence-corrected chi connectivity index (χ4v) is 1.95. The van der Waals surface area contributed by atoms with Crippen LogP contribution in [0.3, 0.4) is 0 Å². The van der Waals surface area contributed by atoms with E-state index in [4.69, 9.17) is 10.3 Å². The number of nitrogens with zero attached hydrogens (tertiary/aromatic N) is 2. The SMILES string of the molecule is Cc1ccc(F)c(-c2nc(-c3ccccc3N)no2)c1. The molecule has 0 atom stereocenters. The highest BCUT2D eigenvalue weighted by molar-refractivity contribution is 5.72. The molecule has 1 aromatic heterocycles. The molecule has 2 aromatic carbocycles. The summed E-state index contributed by atoms with van der Waals surface area (Å²) in [6.45, 7) is 1.87. The summed E-state index contributed by atoms with van der Waals surface area (Å²) in [5, 5.41) is 3.86. The largest absolute Gasteiger partial charge is 0.398 e. The van der Waals surface area contributed by atoms with E-state index < -0.39 is 5.82 Å². The van der Waals surface area contributed by atoms with Gasteiger partial charge in [0, 0.05) is 11.3 Å². The molecule has 0 amide bonds. The van der Waals surface area contributed by atoms with Gasteiger partial charge in [0.05, 0.1) is 5.56 Å². The maximum absolute atomic E-state index is 13.8. The van der Waals surface area contributed by atoms with Gasteiger partial charge >= 0.3 is 0 Å². The second-order valence-electron chi connectivity index (χ2n) is 4.49. The van der Waals surface area contributed by atoms with Gasteiger partial charge < -0.3 is 10.3 Å². The van der Waals surface area contributed by atoms with Gasteiger partial charge in [0.2, 0.25) is 5.82 Å². The van der Waals surface area contributed by atoms with Crippen molar-refractivity contribution in [3.05, 3.63) is 53.8 Å². The lowest BCUT2D eigenvalue weighted by atomic mass is 10.1. The number of nitrogens with two attached hydrogens (primary N) is 1. The number of benzene rings is 2. The van der Waals surface area contributed by atoms with Crippen molar-refractivity contribution in [3.8, 4) is 22.8 Å². The van der Waals surface area contributed by atoms with Crippen LogP contribution in [0, 0.1) is 12.7 Å². The van der Waals surface area contributed by atoms with Crippen LogP contribution in [0.15, 0.2) is 47.0 Å². The Morgan fingerprint density at radius 1 is 1.10 bits per heavy atom. The molecule has 2 N–H and O–H groups in total.